The lowest BCUT2D eigenvalue weighted by atomic mass is 9.88. The summed E-state index contributed by atoms with van der Waals surface area (Å²) in [7, 11) is 0. The maximum absolute atomic E-state index is 12.8. The van der Waals surface area contributed by atoms with Crippen LogP contribution in [0.25, 0.3) is 0 Å². The number of fused-ring (bicyclic) bond motifs is 2. The molecule has 1 N–H and O–H groups in total. The molecular weight excluding hydrogens is 326 g/mol. The number of hydrogen-bond acceptors (Lipinski definition) is 3. The van der Waals surface area contributed by atoms with Gasteiger partial charge in [-0.3, -0.25) is 4.79 Å². The summed E-state index contributed by atoms with van der Waals surface area (Å²) in [5.41, 5.74) is 4.71. The van der Waals surface area contributed by atoms with Crippen LogP contribution >= 0.6 is 0 Å². The third kappa shape index (κ3) is 3.41. The van der Waals surface area contributed by atoms with E-state index in [1.165, 1.54) is 36.0 Å². The number of hydrogen-bond donors (Lipinski definition) is 1. The minimum absolute atomic E-state index is 0.0166. The first-order chi connectivity index (χ1) is 12.7. The van der Waals surface area contributed by atoms with Gasteiger partial charge in [-0.05, 0) is 67.0 Å². The van der Waals surface area contributed by atoms with E-state index in [0.29, 0.717) is 30.3 Å². The second kappa shape index (κ2) is 7.40. The van der Waals surface area contributed by atoms with Crippen molar-refractivity contribution in [2.45, 2.75) is 45.1 Å². The monoisotopic (exact) mass is 351 g/mol. The number of rotatable bonds is 4. The van der Waals surface area contributed by atoms with Crippen LogP contribution in [0.4, 0.5) is 0 Å². The second-order valence-corrected chi connectivity index (χ2v) is 7.03. The van der Waals surface area contributed by atoms with Gasteiger partial charge in [-0.1, -0.05) is 25.1 Å². The molecule has 1 atom stereocenters. The van der Waals surface area contributed by atoms with Crippen LogP contribution in [0.2, 0.25) is 0 Å². The van der Waals surface area contributed by atoms with Crippen molar-refractivity contribution in [3.8, 4) is 11.5 Å². The highest BCUT2D eigenvalue weighted by Gasteiger charge is 2.19. The SMILES string of the molecule is CC[C@H](NC(=O)c1ccc2c(c1)OCCO2)c1ccc2c(c1)CCCC2. The molecule has 136 valence electrons. The maximum Gasteiger partial charge on any atom is 0.251 e. The van der Waals surface area contributed by atoms with Gasteiger partial charge in [0.25, 0.3) is 5.91 Å². The summed E-state index contributed by atoms with van der Waals surface area (Å²) >= 11 is 0. The van der Waals surface area contributed by atoms with Crippen LogP contribution in [-0.2, 0) is 12.8 Å². The Labute approximate surface area is 154 Å². The fourth-order valence-corrected chi connectivity index (χ4v) is 3.82. The molecule has 0 fully saturated rings. The largest absolute Gasteiger partial charge is 0.486 e. The average Bonchev–Trinajstić information content (AvgIpc) is 2.71. The Morgan fingerprint density at radius 3 is 2.58 bits per heavy atom. The van der Waals surface area contributed by atoms with Gasteiger partial charge < -0.3 is 14.8 Å². The van der Waals surface area contributed by atoms with Gasteiger partial charge in [0.05, 0.1) is 6.04 Å². The zero-order valence-corrected chi connectivity index (χ0v) is 15.2. The molecule has 0 unspecified atom stereocenters. The molecule has 1 heterocycles. The van der Waals surface area contributed by atoms with E-state index in [4.69, 9.17) is 9.47 Å². The second-order valence-electron chi connectivity index (χ2n) is 7.03. The van der Waals surface area contributed by atoms with Gasteiger partial charge in [-0.25, -0.2) is 0 Å². The predicted octanol–water partition coefficient (Wildman–Crippen LogP) is 4.22. The van der Waals surface area contributed by atoms with Crippen molar-refractivity contribution >= 4 is 5.91 Å². The molecule has 0 spiro atoms. The number of carbonyl (C=O) groups excluding carboxylic acids is 1. The van der Waals surface area contributed by atoms with Gasteiger partial charge in [0, 0.05) is 5.56 Å². The lowest BCUT2D eigenvalue weighted by Gasteiger charge is -2.22. The molecule has 26 heavy (non-hydrogen) atoms. The van der Waals surface area contributed by atoms with Gasteiger partial charge in [0.1, 0.15) is 13.2 Å². The van der Waals surface area contributed by atoms with Crippen molar-refractivity contribution in [2.24, 2.45) is 0 Å². The number of ether oxygens (including phenoxy) is 2. The summed E-state index contributed by atoms with van der Waals surface area (Å²) < 4.78 is 11.1. The van der Waals surface area contributed by atoms with Crippen LogP contribution in [-0.4, -0.2) is 19.1 Å². The van der Waals surface area contributed by atoms with E-state index in [9.17, 15) is 4.79 Å². The van der Waals surface area contributed by atoms with E-state index >= 15 is 0 Å². The zero-order chi connectivity index (χ0) is 17.9. The first-order valence-electron chi connectivity index (χ1n) is 9.57. The molecule has 2 aromatic carbocycles. The molecule has 0 bridgehead atoms. The number of benzene rings is 2. The standard InChI is InChI=1S/C22H25NO3/c1-2-19(17-8-7-15-5-3-4-6-16(15)13-17)23-22(24)18-9-10-20-21(14-18)26-12-11-25-20/h7-10,13-14,19H,2-6,11-12H2,1H3,(H,23,24)/t19-/m0/s1. The Morgan fingerprint density at radius 2 is 1.77 bits per heavy atom. The summed E-state index contributed by atoms with van der Waals surface area (Å²) in [5.74, 6) is 1.27. The van der Waals surface area contributed by atoms with Crippen LogP contribution in [0.15, 0.2) is 36.4 Å². The predicted molar refractivity (Wildman–Crippen MR) is 101 cm³/mol. The molecule has 0 radical (unpaired) electrons. The molecule has 1 aliphatic carbocycles. The first-order valence-corrected chi connectivity index (χ1v) is 9.57. The van der Waals surface area contributed by atoms with Crippen LogP contribution < -0.4 is 14.8 Å². The van der Waals surface area contributed by atoms with Crippen molar-refractivity contribution in [3.63, 3.8) is 0 Å². The van der Waals surface area contributed by atoms with Gasteiger partial charge in [0.2, 0.25) is 0 Å². The summed E-state index contributed by atoms with van der Waals surface area (Å²) in [6.45, 7) is 3.17. The molecule has 0 saturated carbocycles. The maximum atomic E-state index is 12.8. The van der Waals surface area contributed by atoms with Crippen molar-refractivity contribution in [1.29, 1.82) is 0 Å². The average molecular weight is 351 g/mol. The van der Waals surface area contributed by atoms with Gasteiger partial charge in [-0.15, -0.1) is 0 Å². The molecule has 0 aromatic heterocycles. The third-order valence-corrected chi connectivity index (χ3v) is 5.29. The molecule has 0 saturated heterocycles. The van der Waals surface area contributed by atoms with Gasteiger partial charge >= 0.3 is 0 Å². The topological polar surface area (TPSA) is 47.6 Å². The fraction of sp³-hybridized carbons (Fsp3) is 0.409. The van der Waals surface area contributed by atoms with Crippen molar-refractivity contribution in [2.75, 3.05) is 13.2 Å². The molecule has 2 aliphatic rings. The van der Waals surface area contributed by atoms with E-state index in [0.717, 1.165) is 12.8 Å². The highest BCUT2D eigenvalue weighted by atomic mass is 16.6. The lowest BCUT2D eigenvalue weighted by Crippen LogP contribution is -2.28. The van der Waals surface area contributed by atoms with Crippen LogP contribution in [0.3, 0.4) is 0 Å². The molecular formula is C22H25NO3. The molecule has 4 rings (SSSR count). The number of nitrogens with one attached hydrogen (secondary N) is 1. The normalized spacial score (nSPS) is 16.5. The Hall–Kier alpha value is -2.49. The van der Waals surface area contributed by atoms with E-state index in [2.05, 4.69) is 30.4 Å². The van der Waals surface area contributed by atoms with E-state index in [1.54, 1.807) is 12.1 Å². The fourth-order valence-electron chi connectivity index (χ4n) is 3.82. The number of aryl methyl sites for hydroxylation is 2. The van der Waals surface area contributed by atoms with E-state index in [-0.39, 0.29) is 11.9 Å². The van der Waals surface area contributed by atoms with Crippen LogP contribution in [0.5, 0.6) is 11.5 Å². The molecule has 1 aliphatic heterocycles. The van der Waals surface area contributed by atoms with Gasteiger partial charge in [0.15, 0.2) is 11.5 Å². The zero-order valence-electron chi connectivity index (χ0n) is 15.2. The Morgan fingerprint density at radius 1 is 1.00 bits per heavy atom. The Bertz CT molecular complexity index is 815. The van der Waals surface area contributed by atoms with Crippen molar-refractivity contribution < 1.29 is 14.3 Å². The summed E-state index contributed by atoms with van der Waals surface area (Å²) in [4.78, 5) is 12.8. The Balaban J connectivity index is 1.52. The molecule has 2 aromatic rings. The quantitative estimate of drug-likeness (QED) is 0.897. The summed E-state index contributed by atoms with van der Waals surface area (Å²) in [6, 6.07) is 12.1. The number of amides is 1. The highest BCUT2D eigenvalue weighted by molar-refractivity contribution is 5.95. The highest BCUT2D eigenvalue weighted by Crippen LogP contribution is 2.31. The van der Waals surface area contributed by atoms with Gasteiger partial charge in [-0.2, -0.15) is 0 Å². The van der Waals surface area contributed by atoms with Crippen LogP contribution in [0.1, 0.15) is 59.3 Å². The molecule has 1 amide bonds. The molecule has 4 nitrogen and oxygen atoms in total. The summed E-state index contributed by atoms with van der Waals surface area (Å²) in [6.07, 6.45) is 5.72. The third-order valence-electron chi connectivity index (χ3n) is 5.29. The number of carbonyl (C=O) groups is 1. The van der Waals surface area contributed by atoms with E-state index in [1.807, 2.05) is 6.07 Å². The van der Waals surface area contributed by atoms with Crippen molar-refractivity contribution in [3.05, 3.63) is 58.7 Å². The Kier molecular flexibility index (Phi) is 4.83. The lowest BCUT2D eigenvalue weighted by molar-refractivity contribution is 0.0934. The minimum Gasteiger partial charge on any atom is -0.486 e. The summed E-state index contributed by atoms with van der Waals surface area (Å²) in [5, 5.41) is 3.18. The van der Waals surface area contributed by atoms with Crippen molar-refractivity contribution in [1.82, 2.24) is 5.32 Å². The molecule has 4 heteroatoms. The smallest absolute Gasteiger partial charge is 0.251 e. The minimum atomic E-state index is -0.0773. The van der Waals surface area contributed by atoms with Crippen LogP contribution in [0, 0.1) is 0 Å². The first kappa shape index (κ1) is 17.0. The van der Waals surface area contributed by atoms with E-state index < -0.39 is 0 Å².